The van der Waals surface area contributed by atoms with Crippen LogP contribution in [0.4, 0.5) is 0 Å². The monoisotopic (exact) mass is 358 g/mol. The summed E-state index contributed by atoms with van der Waals surface area (Å²) in [5.41, 5.74) is 1.85. The Morgan fingerprint density at radius 1 is 1.36 bits per heavy atom. The molecule has 0 N–H and O–H groups in total. The third-order valence-electron chi connectivity index (χ3n) is 5.11. The fourth-order valence-corrected chi connectivity index (χ4v) is 4.29. The molecule has 4 nitrogen and oxygen atoms in total. The van der Waals surface area contributed by atoms with Crippen LogP contribution in [0, 0.1) is 5.41 Å². The first-order valence-corrected chi connectivity index (χ1v) is 10.1. The topological polar surface area (TPSA) is 44.1 Å². The summed E-state index contributed by atoms with van der Waals surface area (Å²) in [6.45, 7) is 4.76. The quantitative estimate of drug-likeness (QED) is 0.648. The molecule has 2 aromatic rings. The molecular formula is C20H26N2O2S. The lowest BCUT2D eigenvalue weighted by atomic mass is 9.71. The number of ether oxygens (including phenoxy) is 1. The molecule has 1 aliphatic rings. The van der Waals surface area contributed by atoms with Gasteiger partial charge in [0.2, 0.25) is 0 Å². The Hall–Kier alpha value is -1.75. The maximum atomic E-state index is 12.6. The molecule has 0 bridgehead atoms. The molecule has 0 saturated heterocycles. The molecule has 0 spiro atoms. The number of carbonyl (C=O) groups is 1. The van der Waals surface area contributed by atoms with E-state index in [1.54, 1.807) is 12.5 Å². The van der Waals surface area contributed by atoms with Crippen molar-refractivity contribution < 1.29 is 9.53 Å². The first-order valence-electron chi connectivity index (χ1n) is 8.97. The number of carbonyl (C=O) groups excluding carboxylic acids is 1. The van der Waals surface area contributed by atoms with Gasteiger partial charge in [-0.1, -0.05) is 43.7 Å². The lowest BCUT2D eigenvalue weighted by Gasteiger charge is -2.41. The second kappa shape index (κ2) is 8.09. The standard InChI is InChI=1S/C20H26N2O2S/c1-3-25-14-20(10-7-11-20)13-24-19(23)18-12-21-15-22(18)16(2)17-8-5-4-6-9-17/h4-6,8-9,12,15-16H,3,7,10-11,13-14H2,1-2H3. The van der Waals surface area contributed by atoms with E-state index < -0.39 is 0 Å². The van der Waals surface area contributed by atoms with E-state index in [1.807, 2.05) is 34.5 Å². The minimum absolute atomic E-state index is 0.0413. The molecule has 1 aromatic heterocycles. The van der Waals surface area contributed by atoms with Gasteiger partial charge >= 0.3 is 5.97 Å². The van der Waals surface area contributed by atoms with Crippen molar-refractivity contribution in [1.82, 2.24) is 9.55 Å². The number of esters is 1. The zero-order chi connectivity index (χ0) is 17.7. The highest BCUT2D eigenvalue weighted by Gasteiger charge is 2.38. The van der Waals surface area contributed by atoms with Crippen LogP contribution in [-0.4, -0.2) is 33.6 Å². The van der Waals surface area contributed by atoms with E-state index >= 15 is 0 Å². The molecule has 1 fully saturated rings. The molecule has 1 saturated carbocycles. The number of hydrogen-bond donors (Lipinski definition) is 0. The zero-order valence-electron chi connectivity index (χ0n) is 15.0. The van der Waals surface area contributed by atoms with Crippen molar-refractivity contribution in [1.29, 1.82) is 0 Å². The van der Waals surface area contributed by atoms with Crippen LogP contribution in [0.15, 0.2) is 42.9 Å². The zero-order valence-corrected chi connectivity index (χ0v) is 15.8. The van der Waals surface area contributed by atoms with Crippen LogP contribution in [0.25, 0.3) is 0 Å². The molecule has 25 heavy (non-hydrogen) atoms. The van der Waals surface area contributed by atoms with Crippen molar-refractivity contribution in [3.8, 4) is 0 Å². The van der Waals surface area contributed by atoms with Crippen LogP contribution in [0.5, 0.6) is 0 Å². The number of imidazole rings is 1. The maximum Gasteiger partial charge on any atom is 0.356 e. The van der Waals surface area contributed by atoms with Crippen molar-refractivity contribution in [3.63, 3.8) is 0 Å². The van der Waals surface area contributed by atoms with Crippen LogP contribution in [0.1, 0.15) is 55.2 Å². The van der Waals surface area contributed by atoms with Crippen LogP contribution >= 0.6 is 11.8 Å². The van der Waals surface area contributed by atoms with E-state index in [4.69, 9.17) is 4.74 Å². The molecule has 134 valence electrons. The van der Waals surface area contributed by atoms with Gasteiger partial charge in [0.1, 0.15) is 5.69 Å². The second-order valence-corrected chi connectivity index (χ2v) is 8.11. The van der Waals surface area contributed by atoms with Gasteiger partial charge in [-0.3, -0.25) is 0 Å². The van der Waals surface area contributed by atoms with Gasteiger partial charge in [-0.25, -0.2) is 9.78 Å². The number of nitrogens with zero attached hydrogens (tertiary/aromatic N) is 2. The lowest BCUT2D eigenvalue weighted by molar-refractivity contribution is 0.0111. The summed E-state index contributed by atoms with van der Waals surface area (Å²) in [5, 5.41) is 0. The summed E-state index contributed by atoms with van der Waals surface area (Å²) in [4.78, 5) is 16.8. The fourth-order valence-electron chi connectivity index (χ4n) is 3.28. The molecule has 0 aliphatic heterocycles. The summed E-state index contributed by atoms with van der Waals surface area (Å²) >= 11 is 1.94. The predicted molar refractivity (Wildman–Crippen MR) is 102 cm³/mol. The maximum absolute atomic E-state index is 12.6. The van der Waals surface area contributed by atoms with Gasteiger partial charge in [0.25, 0.3) is 0 Å². The van der Waals surface area contributed by atoms with E-state index in [2.05, 4.69) is 31.0 Å². The molecule has 1 atom stereocenters. The van der Waals surface area contributed by atoms with Gasteiger partial charge in [-0.2, -0.15) is 11.8 Å². The van der Waals surface area contributed by atoms with Gasteiger partial charge in [-0.05, 0) is 31.1 Å². The molecule has 0 amide bonds. The normalized spacial score (nSPS) is 16.9. The van der Waals surface area contributed by atoms with E-state index in [0.29, 0.717) is 12.3 Å². The molecule has 1 unspecified atom stereocenters. The summed E-state index contributed by atoms with van der Waals surface area (Å²) < 4.78 is 7.60. The summed E-state index contributed by atoms with van der Waals surface area (Å²) in [6, 6.07) is 10.2. The Labute approximate surface area is 154 Å². The van der Waals surface area contributed by atoms with Crippen molar-refractivity contribution in [2.75, 3.05) is 18.1 Å². The number of benzene rings is 1. The number of rotatable bonds is 8. The molecule has 1 aliphatic carbocycles. The fraction of sp³-hybridized carbons (Fsp3) is 0.500. The molecule has 1 heterocycles. The average Bonchev–Trinajstić information content (AvgIpc) is 3.10. The van der Waals surface area contributed by atoms with Gasteiger partial charge in [0.05, 0.1) is 25.2 Å². The lowest BCUT2D eigenvalue weighted by Crippen LogP contribution is -2.38. The van der Waals surface area contributed by atoms with E-state index in [1.165, 1.54) is 6.42 Å². The highest BCUT2D eigenvalue weighted by atomic mass is 32.2. The number of aromatic nitrogens is 2. The van der Waals surface area contributed by atoms with Crippen molar-refractivity contribution in [2.45, 2.75) is 39.2 Å². The Kier molecular flexibility index (Phi) is 5.84. The average molecular weight is 359 g/mol. The smallest absolute Gasteiger partial charge is 0.356 e. The Bertz CT molecular complexity index is 695. The molecule has 5 heteroatoms. The van der Waals surface area contributed by atoms with Gasteiger partial charge in [-0.15, -0.1) is 0 Å². The van der Waals surface area contributed by atoms with Crippen molar-refractivity contribution in [3.05, 3.63) is 54.1 Å². The van der Waals surface area contributed by atoms with Crippen molar-refractivity contribution in [2.24, 2.45) is 5.41 Å². The Morgan fingerprint density at radius 3 is 2.76 bits per heavy atom. The van der Waals surface area contributed by atoms with Crippen molar-refractivity contribution >= 4 is 17.7 Å². The van der Waals surface area contributed by atoms with Crippen LogP contribution in [0.3, 0.4) is 0 Å². The molecule has 3 rings (SSSR count). The van der Waals surface area contributed by atoms with E-state index in [9.17, 15) is 4.79 Å². The number of hydrogen-bond acceptors (Lipinski definition) is 4. The van der Waals surface area contributed by atoms with Gasteiger partial charge in [0.15, 0.2) is 0 Å². The van der Waals surface area contributed by atoms with E-state index in [-0.39, 0.29) is 17.4 Å². The number of thioether (sulfide) groups is 1. The summed E-state index contributed by atoms with van der Waals surface area (Å²) in [7, 11) is 0. The molecule has 1 aromatic carbocycles. The highest BCUT2D eigenvalue weighted by Crippen LogP contribution is 2.43. The largest absolute Gasteiger partial charge is 0.460 e. The first-order chi connectivity index (χ1) is 12.2. The summed E-state index contributed by atoms with van der Waals surface area (Å²) in [6.07, 6.45) is 6.88. The first kappa shape index (κ1) is 18.1. The van der Waals surface area contributed by atoms with Crippen LogP contribution in [0.2, 0.25) is 0 Å². The third-order valence-corrected chi connectivity index (χ3v) is 6.34. The van der Waals surface area contributed by atoms with E-state index in [0.717, 1.165) is 29.9 Å². The molecule has 0 radical (unpaired) electrons. The Morgan fingerprint density at radius 2 is 2.12 bits per heavy atom. The molecular weight excluding hydrogens is 332 g/mol. The highest BCUT2D eigenvalue weighted by molar-refractivity contribution is 7.99. The predicted octanol–water partition coefficient (Wildman–Crippen LogP) is 4.57. The minimum atomic E-state index is -0.270. The van der Waals surface area contributed by atoms with Gasteiger partial charge in [0, 0.05) is 11.2 Å². The second-order valence-electron chi connectivity index (χ2n) is 6.84. The SMILES string of the molecule is CCSCC1(COC(=O)c2cncn2C(C)c2ccccc2)CCC1. The third kappa shape index (κ3) is 4.09. The van der Waals surface area contributed by atoms with Crippen LogP contribution in [-0.2, 0) is 4.74 Å². The summed E-state index contributed by atoms with van der Waals surface area (Å²) in [5.74, 6) is 1.92. The van der Waals surface area contributed by atoms with Gasteiger partial charge < -0.3 is 9.30 Å². The minimum Gasteiger partial charge on any atom is -0.460 e. The Balaban J connectivity index is 1.66. The van der Waals surface area contributed by atoms with Crippen LogP contribution < -0.4 is 0 Å².